The maximum atomic E-state index is 11.9. The van der Waals surface area contributed by atoms with Crippen LogP contribution in [0.15, 0.2) is 66.0 Å². The Morgan fingerprint density at radius 2 is 1.93 bits per heavy atom. The summed E-state index contributed by atoms with van der Waals surface area (Å²) in [5.74, 6) is -0.224. The van der Waals surface area contributed by atoms with E-state index in [4.69, 9.17) is 4.74 Å². The van der Waals surface area contributed by atoms with Crippen molar-refractivity contribution in [3.8, 4) is 17.0 Å². The molecule has 2 aromatic carbocycles. The number of rotatable bonds is 7. The number of carbonyl (C=O) groups excluding carboxylic acids is 2. The van der Waals surface area contributed by atoms with E-state index in [0.29, 0.717) is 23.7 Å². The van der Waals surface area contributed by atoms with Crippen LogP contribution in [0.3, 0.4) is 0 Å². The molecule has 1 heterocycles. The van der Waals surface area contributed by atoms with E-state index in [2.05, 4.69) is 20.6 Å². The van der Waals surface area contributed by atoms with Crippen LogP contribution in [0.1, 0.15) is 0 Å². The van der Waals surface area contributed by atoms with Gasteiger partial charge >= 0.3 is 11.8 Å². The monoisotopic (exact) mass is 396 g/mol. The first-order valence-electron chi connectivity index (χ1n) is 8.62. The zero-order valence-corrected chi connectivity index (χ0v) is 16.1. The molecule has 3 N–H and O–H groups in total. The summed E-state index contributed by atoms with van der Waals surface area (Å²) in [6, 6.07) is 16.7. The van der Waals surface area contributed by atoms with Crippen molar-refractivity contribution in [2.24, 2.45) is 0 Å². The number of H-pyrrole nitrogens is 1. The number of nitrogens with one attached hydrogen (secondary N) is 3. The Labute approximate surface area is 166 Å². The second kappa shape index (κ2) is 9.61. The van der Waals surface area contributed by atoms with Crippen LogP contribution in [0.2, 0.25) is 0 Å². The second-order valence-electron chi connectivity index (χ2n) is 5.76. The maximum absolute atomic E-state index is 11.9. The maximum Gasteiger partial charge on any atom is 0.313 e. The van der Waals surface area contributed by atoms with Gasteiger partial charge in [-0.25, -0.2) is 4.98 Å². The molecule has 0 bridgehead atoms. The van der Waals surface area contributed by atoms with Gasteiger partial charge in [-0.15, -0.1) is 0 Å². The van der Waals surface area contributed by atoms with E-state index in [1.54, 1.807) is 30.5 Å². The number of amides is 2. The Morgan fingerprint density at radius 3 is 2.71 bits per heavy atom. The molecule has 1 aromatic heterocycles. The number of aromatic nitrogens is 2. The van der Waals surface area contributed by atoms with Gasteiger partial charge < -0.3 is 20.4 Å². The van der Waals surface area contributed by atoms with Gasteiger partial charge in [-0.2, -0.15) is 0 Å². The number of anilines is 1. The van der Waals surface area contributed by atoms with E-state index >= 15 is 0 Å². The van der Waals surface area contributed by atoms with Crippen molar-refractivity contribution in [2.75, 3.05) is 24.7 Å². The minimum atomic E-state index is -0.720. The molecule has 0 saturated carbocycles. The molecule has 28 heavy (non-hydrogen) atoms. The zero-order chi connectivity index (χ0) is 19.8. The van der Waals surface area contributed by atoms with Crippen LogP contribution in [0, 0.1) is 0 Å². The molecule has 0 saturated heterocycles. The van der Waals surface area contributed by atoms with Crippen LogP contribution in [0.25, 0.3) is 11.3 Å². The molecular weight excluding hydrogens is 376 g/mol. The summed E-state index contributed by atoms with van der Waals surface area (Å²) in [6.45, 7) is 0.344. The number of hydrogen-bond donors (Lipinski definition) is 3. The highest BCUT2D eigenvalue weighted by Crippen LogP contribution is 2.20. The highest BCUT2D eigenvalue weighted by molar-refractivity contribution is 7.99. The third-order valence-electron chi connectivity index (χ3n) is 3.80. The molecular formula is C20H20N4O3S. The Hall–Kier alpha value is -3.26. The summed E-state index contributed by atoms with van der Waals surface area (Å²) in [5, 5.41) is 5.89. The van der Waals surface area contributed by atoms with Crippen LogP contribution in [-0.2, 0) is 9.59 Å². The van der Waals surface area contributed by atoms with Crippen molar-refractivity contribution in [3.63, 3.8) is 0 Å². The van der Waals surface area contributed by atoms with Gasteiger partial charge in [0.15, 0.2) is 5.16 Å². The van der Waals surface area contributed by atoms with Crippen molar-refractivity contribution >= 4 is 29.3 Å². The SMILES string of the molecule is COc1cccc(NC(=O)C(=O)NCCSc2ncc(-c3ccccc3)[nH]2)c1. The summed E-state index contributed by atoms with van der Waals surface area (Å²) < 4.78 is 5.08. The molecule has 0 aliphatic carbocycles. The number of methoxy groups -OCH3 is 1. The van der Waals surface area contributed by atoms with E-state index in [0.717, 1.165) is 16.4 Å². The van der Waals surface area contributed by atoms with Crippen LogP contribution < -0.4 is 15.4 Å². The molecule has 0 aliphatic rings. The van der Waals surface area contributed by atoms with Gasteiger partial charge in [-0.1, -0.05) is 48.2 Å². The lowest BCUT2D eigenvalue weighted by Crippen LogP contribution is -2.36. The Kier molecular flexibility index (Phi) is 6.69. The van der Waals surface area contributed by atoms with E-state index < -0.39 is 11.8 Å². The molecule has 0 spiro atoms. The molecule has 0 aliphatic heterocycles. The fourth-order valence-electron chi connectivity index (χ4n) is 2.42. The average Bonchev–Trinajstić information content (AvgIpc) is 3.21. The number of thioether (sulfide) groups is 1. The fraction of sp³-hybridized carbons (Fsp3) is 0.150. The summed E-state index contributed by atoms with van der Waals surface area (Å²) >= 11 is 1.47. The molecule has 0 atom stereocenters. The van der Waals surface area contributed by atoms with Crippen molar-refractivity contribution < 1.29 is 14.3 Å². The molecule has 0 unspecified atom stereocenters. The van der Waals surface area contributed by atoms with Crippen LogP contribution >= 0.6 is 11.8 Å². The number of carbonyl (C=O) groups is 2. The molecule has 2 amide bonds. The Bertz CT molecular complexity index is 943. The molecule has 3 rings (SSSR count). The standard InChI is InChI=1S/C20H20N4O3S/c1-27-16-9-5-8-15(12-16)23-19(26)18(25)21-10-11-28-20-22-13-17(24-20)14-6-3-2-4-7-14/h2-9,12-13H,10-11H2,1H3,(H,21,25)(H,22,24)(H,23,26). The predicted molar refractivity (Wildman–Crippen MR) is 109 cm³/mol. The molecule has 0 fully saturated rings. The summed E-state index contributed by atoms with van der Waals surface area (Å²) in [5.41, 5.74) is 2.49. The van der Waals surface area contributed by atoms with E-state index in [1.807, 2.05) is 30.3 Å². The van der Waals surface area contributed by atoms with Gasteiger partial charge in [0.05, 0.1) is 19.0 Å². The second-order valence-corrected chi connectivity index (χ2v) is 6.84. The molecule has 8 heteroatoms. The van der Waals surface area contributed by atoms with E-state index in [9.17, 15) is 9.59 Å². The molecule has 0 radical (unpaired) electrons. The quantitative estimate of drug-likeness (QED) is 0.324. The summed E-state index contributed by atoms with van der Waals surface area (Å²) in [4.78, 5) is 31.4. The first-order chi connectivity index (χ1) is 13.7. The van der Waals surface area contributed by atoms with Gasteiger partial charge in [0.25, 0.3) is 0 Å². The fourth-order valence-corrected chi connectivity index (χ4v) is 3.13. The number of imidazole rings is 1. The van der Waals surface area contributed by atoms with Gasteiger partial charge in [-0.05, 0) is 17.7 Å². The first-order valence-corrected chi connectivity index (χ1v) is 9.61. The number of ether oxygens (including phenoxy) is 1. The van der Waals surface area contributed by atoms with Gasteiger partial charge in [0.1, 0.15) is 5.75 Å². The third kappa shape index (κ3) is 5.37. The normalized spacial score (nSPS) is 10.3. The summed E-state index contributed by atoms with van der Waals surface area (Å²) in [6.07, 6.45) is 1.78. The smallest absolute Gasteiger partial charge is 0.313 e. The van der Waals surface area contributed by atoms with Crippen molar-refractivity contribution in [3.05, 3.63) is 60.8 Å². The van der Waals surface area contributed by atoms with Crippen molar-refractivity contribution in [1.82, 2.24) is 15.3 Å². The van der Waals surface area contributed by atoms with E-state index in [-0.39, 0.29) is 0 Å². The highest BCUT2D eigenvalue weighted by atomic mass is 32.2. The van der Waals surface area contributed by atoms with Gasteiger partial charge in [-0.3, -0.25) is 9.59 Å². The lowest BCUT2D eigenvalue weighted by molar-refractivity contribution is -0.136. The Balaban J connectivity index is 1.41. The summed E-state index contributed by atoms with van der Waals surface area (Å²) in [7, 11) is 1.53. The van der Waals surface area contributed by atoms with Crippen molar-refractivity contribution in [1.29, 1.82) is 0 Å². The number of nitrogens with zero attached hydrogens (tertiary/aromatic N) is 1. The molecule has 144 valence electrons. The third-order valence-corrected chi connectivity index (χ3v) is 4.69. The molecule has 7 nitrogen and oxygen atoms in total. The van der Waals surface area contributed by atoms with Gasteiger partial charge in [0.2, 0.25) is 0 Å². The topological polar surface area (TPSA) is 96.1 Å². The lowest BCUT2D eigenvalue weighted by atomic mass is 10.2. The number of aromatic amines is 1. The van der Waals surface area contributed by atoms with Crippen LogP contribution in [0.4, 0.5) is 5.69 Å². The van der Waals surface area contributed by atoms with Crippen LogP contribution in [0.5, 0.6) is 5.75 Å². The minimum Gasteiger partial charge on any atom is -0.497 e. The zero-order valence-electron chi connectivity index (χ0n) is 15.3. The Morgan fingerprint density at radius 1 is 1.11 bits per heavy atom. The van der Waals surface area contributed by atoms with Gasteiger partial charge in [0, 0.05) is 24.1 Å². The number of hydrogen-bond acceptors (Lipinski definition) is 5. The predicted octanol–water partition coefficient (Wildman–Crippen LogP) is 2.93. The first kappa shape index (κ1) is 19.5. The minimum absolute atomic E-state index is 0.344. The van der Waals surface area contributed by atoms with Crippen molar-refractivity contribution in [2.45, 2.75) is 5.16 Å². The lowest BCUT2D eigenvalue weighted by Gasteiger charge is -2.07. The highest BCUT2D eigenvalue weighted by Gasteiger charge is 2.13. The average molecular weight is 396 g/mol. The van der Waals surface area contributed by atoms with Crippen LogP contribution in [-0.4, -0.2) is 41.2 Å². The largest absolute Gasteiger partial charge is 0.497 e. The molecule has 3 aromatic rings. The number of benzene rings is 2. The van der Waals surface area contributed by atoms with E-state index in [1.165, 1.54) is 18.9 Å².